The molecule has 0 atom stereocenters. The van der Waals surface area contributed by atoms with E-state index in [-0.39, 0.29) is 55.7 Å². The number of anilines is 3. The van der Waals surface area contributed by atoms with Crippen molar-refractivity contribution < 1.29 is 22.6 Å². The molecule has 0 saturated carbocycles. The first kappa shape index (κ1) is 42.1. The lowest BCUT2D eigenvalue weighted by molar-refractivity contribution is 0.435. The van der Waals surface area contributed by atoms with Crippen LogP contribution in [0.1, 0.15) is 119 Å². The van der Waals surface area contributed by atoms with Gasteiger partial charge in [0.1, 0.15) is 11.5 Å². The first-order chi connectivity index (χ1) is 48.4. The van der Waals surface area contributed by atoms with E-state index < -0.39 is 78.6 Å². The van der Waals surface area contributed by atoms with Crippen molar-refractivity contribution >= 4 is 62.0 Å². The summed E-state index contributed by atoms with van der Waals surface area (Å²) in [5, 5.41) is -0.130. The van der Waals surface area contributed by atoms with E-state index in [4.69, 9.17) is 11.6 Å². The van der Waals surface area contributed by atoms with Crippen LogP contribution in [0.25, 0.3) is 72.0 Å². The number of para-hydroxylation sites is 4. The van der Waals surface area contributed by atoms with Crippen LogP contribution >= 0.6 is 0 Å². The molecule has 1 spiro atoms. The minimum Gasteiger partial charge on any atom is -0.457 e. The Labute approximate surface area is 542 Å². The zero-order chi connectivity index (χ0) is 72.0. The molecule has 0 radical (unpaired) electrons. The van der Waals surface area contributed by atoms with Gasteiger partial charge in [0.2, 0.25) is 6.71 Å². The second-order valence-electron chi connectivity index (χ2n) is 27.1. The molecule has 12 aromatic carbocycles. The first-order valence-electron chi connectivity index (χ1n) is 37.1. The number of benzene rings is 12. The Balaban J connectivity index is 1.19. The molecule has 430 valence electrons. The number of hydrogen-bond acceptors (Lipinski definition) is 2. The van der Waals surface area contributed by atoms with Gasteiger partial charge in [0.05, 0.1) is 40.0 Å². The summed E-state index contributed by atoms with van der Waals surface area (Å²) in [6, 6.07) is 58.4. The van der Waals surface area contributed by atoms with E-state index in [1.165, 1.54) is 0 Å². The van der Waals surface area contributed by atoms with E-state index in [9.17, 15) is 11.0 Å². The van der Waals surface area contributed by atoms with Gasteiger partial charge in [0.25, 0.3) is 0 Å². The fourth-order valence-electron chi connectivity index (χ4n) is 14.3. The predicted molar refractivity (Wildman–Crippen MR) is 376 cm³/mol. The van der Waals surface area contributed by atoms with Gasteiger partial charge >= 0.3 is 0 Å². The van der Waals surface area contributed by atoms with Crippen LogP contribution in [0.15, 0.2) is 267 Å². The van der Waals surface area contributed by atoms with Gasteiger partial charge in [-0.25, -0.2) is 0 Å². The zero-order valence-corrected chi connectivity index (χ0v) is 51.3. The molecule has 0 N–H and O–H groups in total. The van der Waals surface area contributed by atoms with Crippen LogP contribution in [-0.4, -0.2) is 11.3 Å². The van der Waals surface area contributed by atoms with Crippen LogP contribution in [0.5, 0.6) is 11.5 Å². The lowest BCUT2D eigenvalue weighted by atomic mass is 9.29. The summed E-state index contributed by atoms with van der Waals surface area (Å²) >= 11 is 0. The Morgan fingerprint density at radius 1 is 0.382 bits per heavy atom. The lowest BCUT2D eigenvalue weighted by Gasteiger charge is -2.50. The smallest absolute Gasteiger partial charge is 0.247 e. The largest absolute Gasteiger partial charge is 0.457 e. The lowest BCUT2D eigenvalue weighted by Crippen LogP contribution is -2.65. The van der Waals surface area contributed by atoms with E-state index in [0.717, 1.165) is 94.5 Å². The molecular weight excluding hydrogens is 1080 g/mol. The molecule has 16 rings (SSSR count). The molecule has 0 aliphatic carbocycles. The number of rotatable bonds is 6. The van der Waals surface area contributed by atoms with Gasteiger partial charge in [-0.1, -0.05) is 280 Å². The molecule has 3 aliphatic heterocycles. The second-order valence-corrected chi connectivity index (χ2v) is 27.1. The normalized spacial score (nSPS) is 15.9. The summed E-state index contributed by atoms with van der Waals surface area (Å²) in [5.74, 6) is 1.07. The standard InChI is InChI=1S/C85H71BN2O/c1-82(2,3)60-45-59(46-61(49-60)83(4,5)6)58-42-44-76-73(48-58)86-72-47-57(54-27-13-10-14-28-54)41-43-68(72)85(69-35-21-25-39-78(69)89-79-40-26-22-36-70(79)85)71-52-63(87-74-37-23-19-33-64(74)65-34-20-24-38-75(65)87)53-77(80(71)86)88(76)81-66(55-29-15-11-16-30-55)50-62(84(7,8)9)51-67(81)56-31-17-12-18-32-56/h10-53H,1-9H3/i10D,13D,14D,19D,20D,23D,24D,27D,28D,33D,34D,37D,38D. The maximum atomic E-state index is 10.0. The van der Waals surface area contributed by atoms with Gasteiger partial charge in [-0.2, -0.15) is 0 Å². The average molecular weight is 1160 g/mol. The molecule has 0 amide bonds. The topological polar surface area (TPSA) is 17.4 Å². The summed E-state index contributed by atoms with van der Waals surface area (Å²) in [7, 11) is 0. The molecule has 4 heterocycles. The van der Waals surface area contributed by atoms with Crippen LogP contribution < -0.4 is 26.0 Å². The fraction of sp³-hybridized carbons (Fsp3) is 0.153. The maximum Gasteiger partial charge on any atom is 0.247 e. The van der Waals surface area contributed by atoms with E-state index in [2.05, 4.69) is 152 Å². The average Bonchev–Trinajstić information content (AvgIpc) is 0.695. The van der Waals surface area contributed by atoms with Crippen molar-refractivity contribution in [1.82, 2.24) is 4.57 Å². The van der Waals surface area contributed by atoms with Crippen molar-refractivity contribution in [3.8, 4) is 61.7 Å². The molecule has 0 bridgehead atoms. The number of aromatic nitrogens is 1. The molecule has 1 aromatic heterocycles. The molecule has 13 aromatic rings. The van der Waals surface area contributed by atoms with Gasteiger partial charge in [-0.15, -0.1) is 0 Å². The van der Waals surface area contributed by atoms with Crippen molar-refractivity contribution in [2.75, 3.05) is 4.90 Å². The number of hydrogen-bond donors (Lipinski definition) is 0. The molecule has 0 unspecified atom stereocenters. The van der Waals surface area contributed by atoms with Crippen molar-refractivity contribution in [3.63, 3.8) is 0 Å². The Bertz CT molecular complexity index is 5560. The molecule has 0 fully saturated rings. The summed E-state index contributed by atoms with van der Waals surface area (Å²) in [6.45, 7) is 19.2. The highest BCUT2D eigenvalue weighted by molar-refractivity contribution is 6.99. The van der Waals surface area contributed by atoms with E-state index >= 15 is 0 Å². The van der Waals surface area contributed by atoms with Gasteiger partial charge in [-0.3, -0.25) is 0 Å². The quantitative estimate of drug-likeness (QED) is 0.154. The molecule has 4 heteroatoms. The number of nitrogens with zero attached hydrogens (tertiary/aromatic N) is 2. The highest BCUT2D eigenvalue weighted by Crippen LogP contribution is 2.59. The second kappa shape index (κ2) is 20.1. The molecular formula is C85H71BN2O. The summed E-state index contributed by atoms with van der Waals surface area (Å²) in [6.07, 6.45) is 0. The molecule has 3 nitrogen and oxygen atoms in total. The first-order valence-corrected chi connectivity index (χ1v) is 30.6. The Morgan fingerprint density at radius 3 is 1.45 bits per heavy atom. The monoisotopic (exact) mass is 1160 g/mol. The Hall–Kier alpha value is -9.90. The van der Waals surface area contributed by atoms with Crippen LogP contribution in [0, 0.1) is 0 Å². The summed E-state index contributed by atoms with van der Waals surface area (Å²) in [4.78, 5) is 2.34. The van der Waals surface area contributed by atoms with E-state index in [1.54, 1.807) is 4.57 Å². The van der Waals surface area contributed by atoms with Crippen molar-refractivity contribution in [2.24, 2.45) is 0 Å². The minimum atomic E-state index is -1.42. The van der Waals surface area contributed by atoms with Gasteiger partial charge in [0.15, 0.2) is 0 Å². The fourth-order valence-corrected chi connectivity index (χ4v) is 14.3. The Morgan fingerprint density at radius 2 is 0.876 bits per heavy atom. The number of fused-ring (bicyclic) bond motifs is 13. The van der Waals surface area contributed by atoms with Crippen LogP contribution in [-0.2, 0) is 21.7 Å². The maximum absolute atomic E-state index is 10.0. The molecule has 0 saturated heterocycles. The Kier molecular flexibility index (Phi) is 9.49. The highest BCUT2D eigenvalue weighted by atomic mass is 16.5. The van der Waals surface area contributed by atoms with Crippen molar-refractivity contribution in [3.05, 3.63) is 306 Å². The van der Waals surface area contributed by atoms with E-state index in [1.807, 2.05) is 103 Å². The highest BCUT2D eigenvalue weighted by Gasteiger charge is 2.55. The number of ether oxygens (including phenoxy) is 1. The third kappa shape index (κ3) is 8.54. The van der Waals surface area contributed by atoms with Crippen molar-refractivity contribution in [1.29, 1.82) is 0 Å². The van der Waals surface area contributed by atoms with Crippen molar-refractivity contribution in [2.45, 2.75) is 84.0 Å². The zero-order valence-electron chi connectivity index (χ0n) is 64.3. The van der Waals surface area contributed by atoms with Crippen LogP contribution in [0.3, 0.4) is 0 Å². The van der Waals surface area contributed by atoms with Gasteiger partial charge in [-0.05, 0) is 143 Å². The van der Waals surface area contributed by atoms with Crippen LogP contribution in [0.2, 0.25) is 0 Å². The van der Waals surface area contributed by atoms with Crippen LogP contribution in [0.4, 0.5) is 17.1 Å². The summed E-state index contributed by atoms with van der Waals surface area (Å²) < 4.78 is 131. The summed E-state index contributed by atoms with van der Waals surface area (Å²) in [5.41, 5.74) is 14.8. The third-order valence-corrected chi connectivity index (χ3v) is 18.7. The van der Waals surface area contributed by atoms with Gasteiger partial charge in [0, 0.05) is 50.1 Å². The van der Waals surface area contributed by atoms with Gasteiger partial charge < -0.3 is 14.2 Å². The third-order valence-electron chi connectivity index (χ3n) is 18.7. The molecule has 89 heavy (non-hydrogen) atoms. The minimum absolute atomic E-state index is 0.0338. The van der Waals surface area contributed by atoms with E-state index in [0.29, 0.717) is 34.0 Å². The molecule has 3 aliphatic rings. The predicted octanol–water partition coefficient (Wildman–Crippen LogP) is 20.4. The SMILES string of the molecule is [2H]c1c([2H])c([2H])c(-c2ccc3c(c2)B2c4cc(-c5cc(C(C)(C)C)cc(C(C)(C)C)c5)ccc4N(c4c(-c5ccccc5)cc(C(C)(C)C)cc4-c4ccccc4)c4cc(-n5c6c([2H])c([2H])c([2H])c([2H])c6c6c([2H])c([2H])c([2H])c([2H])c65)cc(c42)C32c3ccccc3Oc3ccccc32)c([2H])c1[2H].